The molecule has 0 aliphatic carbocycles. The molecule has 1 rings (SSSR count). The SMILES string of the molecule is CCOC(=O)C(CC)NC(C)C(=O)N1CCCCC1. The number of rotatable bonds is 6. The van der Waals surface area contributed by atoms with Gasteiger partial charge in [-0.3, -0.25) is 14.9 Å². The second-order valence-electron chi connectivity index (χ2n) is 4.99. The largest absolute Gasteiger partial charge is 0.465 e. The van der Waals surface area contributed by atoms with Crippen molar-refractivity contribution in [2.24, 2.45) is 0 Å². The van der Waals surface area contributed by atoms with Crippen LogP contribution in [-0.2, 0) is 14.3 Å². The molecule has 1 aliphatic rings. The summed E-state index contributed by atoms with van der Waals surface area (Å²) in [5.41, 5.74) is 0. The van der Waals surface area contributed by atoms with Crippen LogP contribution in [0.5, 0.6) is 0 Å². The number of nitrogens with zero attached hydrogens (tertiary/aromatic N) is 1. The van der Waals surface area contributed by atoms with Crippen LogP contribution in [0, 0.1) is 0 Å². The van der Waals surface area contributed by atoms with Crippen LogP contribution in [0.1, 0.15) is 46.5 Å². The summed E-state index contributed by atoms with van der Waals surface area (Å²) in [6.45, 7) is 7.55. The molecule has 0 aromatic rings. The molecule has 1 N–H and O–H groups in total. The highest BCUT2D eigenvalue weighted by Crippen LogP contribution is 2.10. The summed E-state index contributed by atoms with van der Waals surface area (Å²) in [7, 11) is 0. The molecular formula is C14H26N2O3. The molecule has 0 spiro atoms. The third-order valence-electron chi connectivity index (χ3n) is 3.47. The van der Waals surface area contributed by atoms with Gasteiger partial charge in [-0.15, -0.1) is 0 Å². The smallest absolute Gasteiger partial charge is 0.323 e. The van der Waals surface area contributed by atoms with Crippen LogP contribution in [-0.4, -0.2) is 48.6 Å². The topological polar surface area (TPSA) is 58.6 Å². The van der Waals surface area contributed by atoms with E-state index in [-0.39, 0.29) is 17.9 Å². The third kappa shape index (κ3) is 4.82. The number of amides is 1. The van der Waals surface area contributed by atoms with E-state index in [2.05, 4.69) is 5.32 Å². The fourth-order valence-corrected chi connectivity index (χ4v) is 2.36. The number of likely N-dealkylation sites (tertiary alicyclic amines) is 1. The Labute approximate surface area is 115 Å². The average molecular weight is 270 g/mol. The number of carbonyl (C=O) groups is 2. The standard InChI is InChI=1S/C14H26N2O3/c1-4-12(14(18)19-5-2)15-11(3)13(17)16-9-7-6-8-10-16/h11-12,15H,4-10H2,1-3H3. The van der Waals surface area contributed by atoms with Crippen molar-refractivity contribution in [1.29, 1.82) is 0 Å². The van der Waals surface area contributed by atoms with Crippen molar-refractivity contribution >= 4 is 11.9 Å². The van der Waals surface area contributed by atoms with Gasteiger partial charge in [-0.1, -0.05) is 6.92 Å². The molecule has 110 valence electrons. The lowest BCUT2D eigenvalue weighted by atomic mass is 10.1. The monoisotopic (exact) mass is 270 g/mol. The number of esters is 1. The molecule has 1 fully saturated rings. The summed E-state index contributed by atoms with van der Waals surface area (Å²) < 4.78 is 4.99. The van der Waals surface area contributed by atoms with Crippen molar-refractivity contribution in [3.8, 4) is 0 Å². The number of hydrogen-bond acceptors (Lipinski definition) is 4. The molecule has 2 atom stereocenters. The predicted octanol–water partition coefficient (Wildman–Crippen LogP) is 1.32. The number of hydrogen-bond donors (Lipinski definition) is 1. The van der Waals surface area contributed by atoms with Crippen molar-refractivity contribution < 1.29 is 14.3 Å². The fraction of sp³-hybridized carbons (Fsp3) is 0.857. The van der Waals surface area contributed by atoms with Crippen molar-refractivity contribution in [1.82, 2.24) is 10.2 Å². The summed E-state index contributed by atoms with van der Waals surface area (Å²) in [4.78, 5) is 25.8. The Kier molecular flexibility index (Phi) is 6.84. The van der Waals surface area contributed by atoms with E-state index in [1.165, 1.54) is 6.42 Å². The van der Waals surface area contributed by atoms with Crippen LogP contribution in [0.2, 0.25) is 0 Å². The van der Waals surface area contributed by atoms with E-state index in [1.54, 1.807) is 6.92 Å². The Hall–Kier alpha value is -1.10. The minimum absolute atomic E-state index is 0.0856. The Morgan fingerprint density at radius 3 is 2.37 bits per heavy atom. The van der Waals surface area contributed by atoms with E-state index in [9.17, 15) is 9.59 Å². The second-order valence-corrected chi connectivity index (χ2v) is 4.99. The van der Waals surface area contributed by atoms with Gasteiger partial charge in [0.05, 0.1) is 12.6 Å². The highest BCUT2D eigenvalue weighted by Gasteiger charge is 2.26. The zero-order valence-corrected chi connectivity index (χ0v) is 12.3. The first-order chi connectivity index (χ1) is 9.10. The molecule has 0 radical (unpaired) electrons. The first-order valence-corrected chi connectivity index (χ1v) is 7.31. The van der Waals surface area contributed by atoms with Crippen LogP contribution in [0.25, 0.3) is 0 Å². The van der Waals surface area contributed by atoms with Crippen LogP contribution >= 0.6 is 0 Å². The van der Waals surface area contributed by atoms with Gasteiger partial charge in [0, 0.05) is 13.1 Å². The molecule has 1 aliphatic heterocycles. The summed E-state index contributed by atoms with van der Waals surface area (Å²) in [6.07, 6.45) is 3.98. The lowest BCUT2D eigenvalue weighted by molar-refractivity contribution is -0.146. The van der Waals surface area contributed by atoms with Gasteiger partial charge in [-0.05, 0) is 39.5 Å². The maximum absolute atomic E-state index is 12.2. The molecule has 19 heavy (non-hydrogen) atoms. The van der Waals surface area contributed by atoms with Crippen molar-refractivity contribution in [3.63, 3.8) is 0 Å². The van der Waals surface area contributed by atoms with Crippen molar-refractivity contribution in [2.75, 3.05) is 19.7 Å². The van der Waals surface area contributed by atoms with E-state index < -0.39 is 6.04 Å². The quantitative estimate of drug-likeness (QED) is 0.740. The Morgan fingerprint density at radius 1 is 1.21 bits per heavy atom. The Morgan fingerprint density at radius 2 is 1.84 bits per heavy atom. The zero-order chi connectivity index (χ0) is 14.3. The number of nitrogens with one attached hydrogen (secondary N) is 1. The normalized spacial score (nSPS) is 18.8. The molecule has 0 bridgehead atoms. The molecule has 0 aromatic heterocycles. The minimum atomic E-state index is -0.399. The average Bonchev–Trinajstić information content (AvgIpc) is 2.44. The first kappa shape index (κ1) is 16.0. The summed E-state index contributed by atoms with van der Waals surface area (Å²) >= 11 is 0. The van der Waals surface area contributed by atoms with Crippen LogP contribution in [0.4, 0.5) is 0 Å². The maximum atomic E-state index is 12.2. The van der Waals surface area contributed by atoms with Gasteiger partial charge in [0.25, 0.3) is 0 Å². The van der Waals surface area contributed by atoms with Gasteiger partial charge in [-0.2, -0.15) is 0 Å². The summed E-state index contributed by atoms with van der Waals surface area (Å²) in [5, 5.41) is 3.08. The molecule has 1 heterocycles. The molecule has 0 saturated carbocycles. The minimum Gasteiger partial charge on any atom is -0.465 e. The summed E-state index contributed by atoms with van der Waals surface area (Å²) in [5.74, 6) is -0.189. The first-order valence-electron chi connectivity index (χ1n) is 7.31. The zero-order valence-electron chi connectivity index (χ0n) is 12.3. The van der Waals surface area contributed by atoms with Crippen LogP contribution < -0.4 is 5.32 Å². The van der Waals surface area contributed by atoms with E-state index in [0.29, 0.717) is 13.0 Å². The van der Waals surface area contributed by atoms with Crippen molar-refractivity contribution in [3.05, 3.63) is 0 Å². The molecule has 5 heteroatoms. The molecular weight excluding hydrogens is 244 g/mol. The van der Waals surface area contributed by atoms with E-state index in [0.717, 1.165) is 25.9 Å². The van der Waals surface area contributed by atoms with E-state index in [4.69, 9.17) is 4.74 Å². The highest BCUT2D eigenvalue weighted by atomic mass is 16.5. The molecule has 0 aromatic carbocycles. The van der Waals surface area contributed by atoms with Gasteiger partial charge in [0.15, 0.2) is 0 Å². The van der Waals surface area contributed by atoms with Gasteiger partial charge in [0.1, 0.15) is 6.04 Å². The molecule has 2 unspecified atom stereocenters. The maximum Gasteiger partial charge on any atom is 0.323 e. The fourth-order valence-electron chi connectivity index (χ4n) is 2.36. The lowest BCUT2D eigenvalue weighted by Crippen LogP contribution is -2.51. The van der Waals surface area contributed by atoms with Crippen LogP contribution in [0.15, 0.2) is 0 Å². The second kappa shape index (κ2) is 8.15. The Balaban J connectivity index is 2.48. The van der Waals surface area contributed by atoms with E-state index in [1.807, 2.05) is 18.7 Å². The number of piperidine rings is 1. The van der Waals surface area contributed by atoms with Gasteiger partial charge >= 0.3 is 5.97 Å². The number of carbonyl (C=O) groups excluding carboxylic acids is 2. The van der Waals surface area contributed by atoms with Crippen LogP contribution in [0.3, 0.4) is 0 Å². The highest BCUT2D eigenvalue weighted by molar-refractivity contribution is 5.83. The Bertz CT molecular complexity index is 301. The van der Waals surface area contributed by atoms with Gasteiger partial charge in [-0.25, -0.2) is 0 Å². The molecule has 5 nitrogen and oxygen atoms in total. The number of ether oxygens (including phenoxy) is 1. The lowest BCUT2D eigenvalue weighted by Gasteiger charge is -2.30. The van der Waals surface area contributed by atoms with E-state index >= 15 is 0 Å². The summed E-state index contributed by atoms with van der Waals surface area (Å²) in [6, 6.07) is -0.740. The van der Waals surface area contributed by atoms with Gasteiger partial charge in [0.2, 0.25) is 5.91 Å². The molecule has 1 saturated heterocycles. The van der Waals surface area contributed by atoms with Crippen molar-refractivity contribution in [2.45, 2.75) is 58.5 Å². The predicted molar refractivity (Wildman–Crippen MR) is 73.7 cm³/mol. The third-order valence-corrected chi connectivity index (χ3v) is 3.47. The van der Waals surface area contributed by atoms with Gasteiger partial charge < -0.3 is 9.64 Å². The molecule has 1 amide bonds.